The molecule has 0 amide bonds. The SMILES string of the molecule is F[B-]1(F)N2C(=Nc3c4ccccc4c(-c4ccccc4)c[n+]31)C=C(c1ccccc1)c1cc(CCc3ccc(N(c4ccccc4)c4ccccc4)cc3)ccc12. The summed E-state index contributed by atoms with van der Waals surface area (Å²) in [6.45, 7) is -4.34. The number of rotatable bonds is 8. The fraction of sp³-hybridized carbons (Fsp3) is 0.0400. The quantitative estimate of drug-likeness (QED) is 0.145. The minimum atomic E-state index is -4.34. The van der Waals surface area contributed by atoms with E-state index in [1.54, 1.807) is 6.20 Å². The van der Waals surface area contributed by atoms with Crippen LogP contribution in [0.2, 0.25) is 0 Å². The van der Waals surface area contributed by atoms with E-state index in [9.17, 15) is 0 Å². The van der Waals surface area contributed by atoms with Crippen LogP contribution in [0.4, 0.5) is 37.2 Å². The number of amidine groups is 1. The van der Waals surface area contributed by atoms with E-state index < -0.39 is 6.97 Å². The lowest BCUT2D eigenvalue weighted by molar-refractivity contribution is -0.551. The van der Waals surface area contributed by atoms with Gasteiger partial charge in [-0.15, -0.1) is 0 Å². The number of halogens is 2. The van der Waals surface area contributed by atoms with Gasteiger partial charge in [0.25, 0.3) is 5.82 Å². The molecule has 3 heterocycles. The Kier molecular flexibility index (Phi) is 8.56. The third kappa shape index (κ3) is 6.18. The predicted octanol–water partition coefficient (Wildman–Crippen LogP) is 12.3. The van der Waals surface area contributed by atoms with Crippen LogP contribution >= 0.6 is 0 Å². The van der Waals surface area contributed by atoms with Crippen LogP contribution in [0, 0.1) is 0 Å². The van der Waals surface area contributed by atoms with Crippen molar-refractivity contribution in [3.63, 3.8) is 0 Å². The number of fused-ring (bicyclic) bond motifs is 6. The molecule has 57 heavy (non-hydrogen) atoms. The van der Waals surface area contributed by atoms with Crippen molar-refractivity contribution in [3.05, 3.63) is 223 Å². The number of nitrogens with zero attached hydrogens (tertiary/aromatic N) is 4. The third-order valence-corrected chi connectivity index (χ3v) is 11.1. The average molecular weight is 743 g/mol. The van der Waals surface area contributed by atoms with Gasteiger partial charge in [0, 0.05) is 45.3 Å². The van der Waals surface area contributed by atoms with Gasteiger partial charge < -0.3 is 22.8 Å². The van der Waals surface area contributed by atoms with Crippen molar-refractivity contribution in [1.82, 2.24) is 0 Å². The van der Waals surface area contributed by atoms with Crippen LogP contribution in [-0.4, -0.2) is 12.8 Å². The first-order valence-corrected chi connectivity index (χ1v) is 19.4. The summed E-state index contributed by atoms with van der Waals surface area (Å²) >= 11 is 0. The zero-order chi connectivity index (χ0) is 38.3. The first-order valence-electron chi connectivity index (χ1n) is 19.4. The van der Waals surface area contributed by atoms with E-state index in [1.165, 1.54) is 5.56 Å². The molecule has 0 radical (unpaired) electrons. The molecule has 7 heteroatoms. The molecule has 4 nitrogen and oxygen atoms in total. The molecule has 7 aromatic carbocycles. The molecule has 274 valence electrons. The molecule has 10 rings (SSSR count). The third-order valence-electron chi connectivity index (χ3n) is 11.1. The van der Waals surface area contributed by atoms with Gasteiger partial charge in [-0.3, -0.25) is 0 Å². The number of hydrogen-bond donors (Lipinski definition) is 0. The molecule has 2 aliphatic heterocycles. The van der Waals surface area contributed by atoms with Crippen molar-refractivity contribution >= 4 is 57.7 Å². The number of hydrogen-bond acceptors (Lipinski definition) is 3. The summed E-state index contributed by atoms with van der Waals surface area (Å²) in [7, 11) is 0. The van der Waals surface area contributed by atoms with Gasteiger partial charge in [0.05, 0.1) is 11.6 Å². The van der Waals surface area contributed by atoms with E-state index >= 15 is 8.63 Å². The van der Waals surface area contributed by atoms with E-state index in [4.69, 9.17) is 4.99 Å². The van der Waals surface area contributed by atoms with Crippen molar-refractivity contribution in [2.45, 2.75) is 12.8 Å². The number of para-hydroxylation sites is 2. The molecule has 1 aromatic heterocycles. The normalized spacial score (nSPS) is 13.9. The van der Waals surface area contributed by atoms with Crippen LogP contribution in [0.5, 0.6) is 0 Å². The maximum absolute atomic E-state index is 17.4. The van der Waals surface area contributed by atoms with Gasteiger partial charge in [0.1, 0.15) is 0 Å². The fourth-order valence-electron chi connectivity index (χ4n) is 8.29. The second-order valence-corrected chi connectivity index (χ2v) is 14.6. The molecule has 8 aromatic rings. The summed E-state index contributed by atoms with van der Waals surface area (Å²) < 4.78 is 35.9. The molecule has 0 unspecified atom stereocenters. The standard InChI is InChI=1S/C50H37BF2N4/c52-51(53)55-35-47(39-17-7-2-8-18-39)43-23-13-14-24-44(43)50(55)54-49-34-45(38-15-5-1-6-16-38)46-33-37(29-32-48(46)57(49)51)26-25-36-27-30-42(31-28-36)56(40-19-9-3-10-20-40)41-21-11-4-12-22-41/h1-24,27-35H,25-26H2. The Morgan fingerprint density at radius 1 is 0.526 bits per heavy atom. The van der Waals surface area contributed by atoms with Gasteiger partial charge in [0.15, 0.2) is 0 Å². The zero-order valence-electron chi connectivity index (χ0n) is 31.1. The molecule has 0 saturated carbocycles. The minimum Gasteiger partial charge on any atom is -0.414 e. The van der Waals surface area contributed by atoms with E-state index in [-0.39, 0.29) is 11.7 Å². The monoisotopic (exact) mass is 742 g/mol. The van der Waals surface area contributed by atoms with Gasteiger partial charge in [0.2, 0.25) is 5.84 Å². The Hall–Kier alpha value is -7.12. The Labute approximate surface area is 331 Å². The number of benzene rings is 7. The molecule has 0 atom stereocenters. The van der Waals surface area contributed by atoms with E-state index in [0.29, 0.717) is 11.1 Å². The molecule has 0 N–H and O–H groups in total. The van der Waals surface area contributed by atoms with Crippen molar-refractivity contribution in [2.75, 3.05) is 9.71 Å². The van der Waals surface area contributed by atoms with Crippen LogP contribution in [0.3, 0.4) is 0 Å². The maximum atomic E-state index is 17.4. The van der Waals surface area contributed by atoms with Gasteiger partial charge in [-0.05, 0) is 100 Å². The molecule has 0 saturated heterocycles. The van der Waals surface area contributed by atoms with Crippen LogP contribution in [0.1, 0.15) is 22.3 Å². The van der Waals surface area contributed by atoms with Gasteiger partial charge in [-0.2, -0.15) is 0 Å². The predicted molar refractivity (Wildman–Crippen MR) is 231 cm³/mol. The summed E-state index contributed by atoms with van der Waals surface area (Å²) in [5.74, 6) is 0.490. The maximum Gasteiger partial charge on any atom is 0.642 e. The topological polar surface area (TPSA) is 22.7 Å². The number of aryl methyl sites for hydroxylation is 2. The number of aliphatic imine (C=N–C) groups is 1. The summed E-state index contributed by atoms with van der Waals surface area (Å²) in [4.78, 5) is 8.43. The lowest BCUT2D eigenvalue weighted by Crippen LogP contribution is -2.73. The van der Waals surface area contributed by atoms with Gasteiger partial charge >= 0.3 is 6.97 Å². The van der Waals surface area contributed by atoms with Crippen molar-refractivity contribution in [1.29, 1.82) is 0 Å². The smallest absolute Gasteiger partial charge is 0.414 e. The first kappa shape index (κ1) is 34.4. The molecule has 0 fully saturated rings. The molecular weight excluding hydrogens is 705 g/mol. The highest BCUT2D eigenvalue weighted by molar-refractivity contribution is 6.69. The Morgan fingerprint density at radius 3 is 1.70 bits per heavy atom. The van der Waals surface area contributed by atoms with Crippen LogP contribution in [0.15, 0.2) is 205 Å². The zero-order valence-corrected chi connectivity index (χ0v) is 31.1. The van der Waals surface area contributed by atoms with Crippen molar-refractivity contribution in [3.8, 4) is 11.1 Å². The van der Waals surface area contributed by atoms with Crippen LogP contribution in [-0.2, 0) is 12.8 Å². The lowest BCUT2D eigenvalue weighted by Gasteiger charge is -2.42. The average Bonchev–Trinajstić information content (AvgIpc) is 3.27. The molecule has 0 bridgehead atoms. The van der Waals surface area contributed by atoms with Gasteiger partial charge in [-0.1, -0.05) is 133 Å². The highest BCUT2D eigenvalue weighted by Gasteiger charge is 2.52. The Bertz CT molecular complexity index is 2770. The molecule has 0 aliphatic carbocycles. The lowest BCUT2D eigenvalue weighted by atomic mass is 9.82. The fourth-order valence-corrected chi connectivity index (χ4v) is 8.29. The summed E-state index contributed by atoms with van der Waals surface area (Å²) in [5.41, 5.74) is 10.2. The molecular formula is C50H37BF2N4. The van der Waals surface area contributed by atoms with E-state index in [1.807, 2.05) is 115 Å². The number of anilines is 4. The number of pyridine rings is 1. The number of aromatic nitrogens is 1. The molecule has 2 aliphatic rings. The van der Waals surface area contributed by atoms with Crippen molar-refractivity contribution < 1.29 is 13.1 Å². The summed E-state index contributed by atoms with van der Waals surface area (Å²) in [6, 6.07) is 62.8. The van der Waals surface area contributed by atoms with Gasteiger partial charge in [-0.25, -0.2) is 0 Å². The Morgan fingerprint density at radius 2 is 1.05 bits per heavy atom. The summed E-state index contributed by atoms with van der Waals surface area (Å²) in [5, 5.41) is 1.57. The summed E-state index contributed by atoms with van der Waals surface area (Å²) in [6.07, 6.45) is 4.98. The highest BCUT2D eigenvalue weighted by atomic mass is 19.2. The van der Waals surface area contributed by atoms with E-state index in [0.717, 1.165) is 78.0 Å². The molecule has 0 spiro atoms. The second-order valence-electron chi connectivity index (χ2n) is 14.6. The highest BCUT2D eigenvalue weighted by Crippen LogP contribution is 2.44. The largest absolute Gasteiger partial charge is 0.642 e. The van der Waals surface area contributed by atoms with Crippen LogP contribution < -0.4 is 14.2 Å². The van der Waals surface area contributed by atoms with E-state index in [2.05, 4.69) is 83.8 Å². The van der Waals surface area contributed by atoms with Crippen molar-refractivity contribution in [2.24, 2.45) is 4.99 Å². The minimum absolute atomic E-state index is 0.233. The van der Waals surface area contributed by atoms with Crippen LogP contribution in [0.25, 0.3) is 27.5 Å². The Balaban J connectivity index is 1.01. The first-order chi connectivity index (χ1) is 28.0. The second kappa shape index (κ2) is 14.2.